The van der Waals surface area contributed by atoms with Crippen molar-refractivity contribution in [3.8, 4) is 22.3 Å². The Morgan fingerprint density at radius 2 is 0.689 bits per heavy atom. The molecule has 0 saturated carbocycles. The van der Waals surface area contributed by atoms with Gasteiger partial charge in [0, 0.05) is 11.8 Å². The van der Waals surface area contributed by atoms with Crippen LogP contribution in [-0.2, 0) is 17.6 Å². The third-order valence-corrected chi connectivity index (χ3v) is 9.10. The highest BCUT2D eigenvalue weighted by Crippen LogP contribution is 2.38. The molecule has 0 aliphatic heterocycles. The van der Waals surface area contributed by atoms with E-state index in [4.69, 9.17) is 4.74 Å². The van der Waals surface area contributed by atoms with E-state index in [2.05, 4.69) is 184 Å². The van der Waals surface area contributed by atoms with Crippen molar-refractivity contribution in [2.24, 2.45) is 0 Å². The van der Waals surface area contributed by atoms with E-state index in [9.17, 15) is 0 Å². The van der Waals surface area contributed by atoms with Gasteiger partial charge in [0.2, 0.25) is 0 Å². The van der Waals surface area contributed by atoms with Crippen molar-refractivity contribution >= 4 is 0 Å². The van der Waals surface area contributed by atoms with E-state index < -0.39 is 0 Å². The molecule has 0 bridgehead atoms. The van der Waals surface area contributed by atoms with Crippen LogP contribution in [0.2, 0.25) is 0 Å². The van der Waals surface area contributed by atoms with Crippen LogP contribution < -0.4 is 0 Å². The summed E-state index contributed by atoms with van der Waals surface area (Å²) in [6, 6.07) is 60.8. The molecule has 1 heteroatoms. The molecule has 4 atom stereocenters. The van der Waals surface area contributed by atoms with Crippen LogP contribution >= 0.6 is 0 Å². The summed E-state index contributed by atoms with van der Waals surface area (Å²) in [4.78, 5) is 0. The normalized spacial score (nSPS) is 13.9. The zero-order valence-electron chi connectivity index (χ0n) is 26.3. The van der Waals surface area contributed by atoms with Gasteiger partial charge in [0.05, 0.1) is 12.2 Å². The first-order chi connectivity index (χ1) is 22.2. The maximum absolute atomic E-state index is 7.47. The Morgan fingerprint density at radius 3 is 1.07 bits per heavy atom. The van der Waals surface area contributed by atoms with Gasteiger partial charge in [-0.3, -0.25) is 0 Å². The average Bonchev–Trinajstić information content (AvgIpc) is 3.12. The third kappa shape index (κ3) is 7.51. The summed E-state index contributed by atoms with van der Waals surface area (Å²) in [7, 11) is 0. The lowest BCUT2D eigenvalue weighted by Crippen LogP contribution is -2.33. The molecule has 0 fully saturated rings. The van der Waals surface area contributed by atoms with Gasteiger partial charge in [-0.15, -0.1) is 0 Å². The van der Waals surface area contributed by atoms with Gasteiger partial charge in [0.15, 0.2) is 0 Å². The molecule has 1 nitrogen and oxygen atoms in total. The van der Waals surface area contributed by atoms with E-state index in [1.807, 2.05) is 0 Å². The molecule has 0 amide bonds. The van der Waals surface area contributed by atoms with Gasteiger partial charge >= 0.3 is 0 Å². The zero-order valence-corrected chi connectivity index (χ0v) is 26.3. The minimum atomic E-state index is -0.0303. The smallest absolute Gasteiger partial charge is 0.0685 e. The van der Waals surface area contributed by atoms with Crippen LogP contribution in [0, 0.1) is 0 Å². The first kappa shape index (κ1) is 30.3. The number of hydrogen-bond acceptors (Lipinski definition) is 1. The van der Waals surface area contributed by atoms with Gasteiger partial charge in [-0.25, -0.2) is 0 Å². The van der Waals surface area contributed by atoms with E-state index in [1.165, 1.54) is 44.5 Å². The fourth-order valence-electron chi connectivity index (χ4n) is 6.55. The first-order valence-corrected chi connectivity index (χ1v) is 16.2. The summed E-state index contributed by atoms with van der Waals surface area (Å²) < 4.78 is 7.47. The van der Waals surface area contributed by atoms with Crippen LogP contribution in [0.3, 0.4) is 0 Å². The molecule has 4 unspecified atom stereocenters. The van der Waals surface area contributed by atoms with E-state index in [-0.39, 0.29) is 24.0 Å². The van der Waals surface area contributed by atoms with Crippen LogP contribution in [-0.4, -0.2) is 12.2 Å². The molecule has 0 heterocycles. The molecule has 0 N–H and O–H groups in total. The number of benzene rings is 6. The molecule has 0 aliphatic carbocycles. The minimum absolute atomic E-state index is 0.0303. The predicted molar refractivity (Wildman–Crippen MR) is 190 cm³/mol. The Hall–Kier alpha value is -4.72. The zero-order chi connectivity index (χ0) is 30.8. The van der Waals surface area contributed by atoms with Crippen LogP contribution in [0.4, 0.5) is 0 Å². The van der Waals surface area contributed by atoms with Crippen molar-refractivity contribution in [3.05, 3.63) is 192 Å². The van der Waals surface area contributed by atoms with Gasteiger partial charge in [-0.1, -0.05) is 184 Å². The van der Waals surface area contributed by atoms with Gasteiger partial charge in [-0.05, 0) is 57.3 Å². The summed E-state index contributed by atoms with van der Waals surface area (Å²) in [6.45, 7) is 4.69. The van der Waals surface area contributed by atoms with Crippen LogP contribution in [0.5, 0.6) is 0 Å². The molecular weight excluding hydrogens is 544 g/mol. The molecule has 6 aromatic carbocycles. The average molecular weight is 587 g/mol. The lowest BCUT2D eigenvalue weighted by molar-refractivity contribution is -0.0336. The molecule has 224 valence electrons. The molecule has 0 aliphatic rings. The molecule has 0 saturated heterocycles. The third-order valence-electron chi connectivity index (χ3n) is 9.10. The highest BCUT2D eigenvalue weighted by Gasteiger charge is 2.30. The lowest BCUT2D eigenvalue weighted by atomic mass is 9.84. The van der Waals surface area contributed by atoms with Crippen molar-refractivity contribution < 1.29 is 4.74 Å². The standard InChI is InChI=1S/C44H42O/c1-33(39-27-15-17-29-41(39)37-23-11-5-12-24-37)43(31-35-19-7-3-8-20-35)45-44(32-36-21-9-4-10-22-36)34(2)40-28-16-18-30-42(40)38-25-13-6-14-26-38/h3-30,33-34,43-44H,31-32H2,1-2H3. The van der Waals surface area contributed by atoms with Crippen molar-refractivity contribution in [1.82, 2.24) is 0 Å². The summed E-state index contributed by atoms with van der Waals surface area (Å²) in [5, 5.41) is 0. The second kappa shape index (κ2) is 14.8. The maximum Gasteiger partial charge on any atom is 0.0685 e. The van der Waals surface area contributed by atoms with Gasteiger partial charge in [0.1, 0.15) is 0 Å². The number of ether oxygens (including phenoxy) is 1. The monoisotopic (exact) mass is 586 g/mol. The SMILES string of the molecule is CC(c1ccccc1-c1ccccc1)C(Cc1ccccc1)OC(Cc1ccccc1)C(C)c1ccccc1-c1ccccc1. The molecule has 45 heavy (non-hydrogen) atoms. The molecule has 0 radical (unpaired) electrons. The van der Waals surface area contributed by atoms with Crippen LogP contribution in [0.15, 0.2) is 170 Å². The Bertz CT molecular complexity index is 1610. The summed E-state index contributed by atoms with van der Waals surface area (Å²) in [6.07, 6.45) is 1.61. The topological polar surface area (TPSA) is 9.23 Å². The quantitative estimate of drug-likeness (QED) is 0.139. The van der Waals surface area contributed by atoms with Gasteiger partial charge in [-0.2, -0.15) is 0 Å². The Kier molecular flexibility index (Phi) is 10.00. The van der Waals surface area contributed by atoms with Crippen LogP contribution in [0.1, 0.15) is 47.9 Å². The summed E-state index contributed by atoms with van der Waals surface area (Å²) in [5.41, 5.74) is 10.3. The fourth-order valence-corrected chi connectivity index (χ4v) is 6.55. The van der Waals surface area contributed by atoms with Crippen molar-refractivity contribution in [2.75, 3.05) is 0 Å². The van der Waals surface area contributed by atoms with E-state index in [1.54, 1.807) is 0 Å². The van der Waals surface area contributed by atoms with Crippen molar-refractivity contribution in [1.29, 1.82) is 0 Å². The summed E-state index contributed by atoms with van der Waals surface area (Å²) >= 11 is 0. The molecule has 0 aromatic heterocycles. The van der Waals surface area contributed by atoms with E-state index in [0.29, 0.717) is 0 Å². The molecule has 6 rings (SSSR count). The highest BCUT2D eigenvalue weighted by atomic mass is 16.5. The fraction of sp³-hybridized carbons (Fsp3) is 0.182. The lowest BCUT2D eigenvalue weighted by Gasteiger charge is -2.34. The maximum atomic E-state index is 7.47. The summed E-state index contributed by atoms with van der Waals surface area (Å²) in [5.74, 6) is 0.327. The van der Waals surface area contributed by atoms with Crippen molar-refractivity contribution in [3.63, 3.8) is 0 Å². The number of hydrogen-bond donors (Lipinski definition) is 0. The van der Waals surface area contributed by atoms with Gasteiger partial charge < -0.3 is 4.74 Å². The Morgan fingerprint density at radius 1 is 0.378 bits per heavy atom. The Labute approximate surface area is 269 Å². The molecule has 0 spiro atoms. The molecule has 6 aromatic rings. The van der Waals surface area contributed by atoms with E-state index >= 15 is 0 Å². The molecular formula is C44H42O. The minimum Gasteiger partial charge on any atom is -0.373 e. The second-order valence-corrected chi connectivity index (χ2v) is 12.1. The van der Waals surface area contributed by atoms with E-state index in [0.717, 1.165) is 12.8 Å². The predicted octanol–water partition coefficient (Wildman–Crippen LogP) is 11.2. The van der Waals surface area contributed by atoms with Gasteiger partial charge in [0.25, 0.3) is 0 Å². The first-order valence-electron chi connectivity index (χ1n) is 16.2. The Balaban J connectivity index is 1.40. The number of rotatable bonds is 12. The second-order valence-electron chi connectivity index (χ2n) is 12.1. The largest absolute Gasteiger partial charge is 0.373 e. The van der Waals surface area contributed by atoms with Crippen molar-refractivity contribution in [2.45, 2.75) is 50.7 Å². The highest BCUT2D eigenvalue weighted by molar-refractivity contribution is 5.69. The van der Waals surface area contributed by atoms with Crippen LogP contribution in [0.25, 0.3) is 22.3 Å².